The number of hydrogen-bond donors (Lipinski definition) is 2. The number of carbonyl (C=O) groups excluding carboxylic acids is 1. The second kappa shape index (κ2) is 2.79. The van der Waals surface area contributed by atoms with Gasteiger partial charge in [0.15, 0.2) is 0 Å². The maximum atomic E-state index is 11.0. The molecule has 0 saturated carbocycles. The number of β-amino-alcohol motifs (C(OH)–C–C–N with tert-alkyl or cyclic N) is 1. The average molecular weight is 158 g/mol. The van der Waals surface area contributed by atoms with Gasteiger partial charge in [-0.25, -0.2) is 0 Å². The Labute approximate surface area is 66.0 Å². The lowest BCUT2D eigenvalue weighted by molar-refractivity contribution is -0.152. The summed E-state index contributed by atoms with van der Waals surface area (Å²) in [5.74, 6) is 0.0408. The van der Waals surface area contributed by atoms with Crippen molar-refractivity contribution in [1.29, 1.82) is 0 Å². The molecule has 0 spiro atoms. The molecule has 0 aliphatic carbocycles. The molecule has 1 saturated heterocycles. The van der Waals surface area contributed by atoms with Crippen LogP contribution in [0.2, 0.25) is 0 Å². The molecule has 0 aromatic carbocycles. The van der Waals surface area contributed by atoms with E-state index in [1.807, 2.05) is 0 Å². The van der Waals surface area contributed by atoms with Crippen LogP contribution in [-0.2, 0) is 4.79 Å². The summed E-state index contributed by atoms with van der Waals surface area (Å²) in [7, 11) is 0. The zero-order chi connectivity index (χ0) is 8.48. The Balaban J connectivity index is 2.27. The fourth-order valence-corrected chi connectivity index (χ4v) is 1.23. The van der Waals surface area contributed by atoms with E-state index in [-0.39, 0.29) is 5.91 Å². The van der Waals surface area contributed by atoms with Gasteiger partial charge in [-0.3, -0.25) is 4.79 Å². The Bertz CT molecular complexity index is 160. The van der Waals surface area contributed by atoms with E-state index < -0.39 is 5.60 Å². The van der Waals surface area contributed by atoms with Crippen molar-refractivity contribution in [3.63, 3.8) is 0 Å². The highest BCUT2D eigenvalue weighted by Gasteiger charge is 2.38. The number of rotatable bonds is 2. The normalized spacial score (nSPS) is 21.2. The van der Waals surface area contributed by atoms with Gasteiger partial charge in [0.25, 0.3) is 0 Å². The van der Waals surface area contributed by atoms with Crippen LogP contribution in [0.4, 0.5) is 0 Å². The summed E-state index contributed by atoms with van der Waals surface area (Å²) in [6.07, 6.45) is 0.385. The zero-order valence-corrected chi connectivity index (χ0v) is 6.71. The largest absolute Gasteiger partial charge is 0.386 e. The summed E-state index contributed by atoms with van der Waals surface area (Å²) in [6.45, 7) is 3.01. The van der Waals surface area contributed by atoms with E-state index in [0.717, 1.165) is 0 Å². The number of likely N-dealkylation sites (tertiary alicyclic amines) is 1. The lowest BCUT2D eigenvalue weighted by atomic mass is 9.97. The first kappa shape index (κ1) is 8.49. The van der Waals surface area contributed by atoms with Gasteiger partial charge < -0.3 is 15.7 Å². The van der Waals surface area contributed by atoms with Crippen LogP contribution in [0.25, 0.3) is 0 Å². The van der Waals surface area contributed by atoms with Crippen LogP contribution in [0.1, 0.15) is 13.3 Å². The molecule has 0 aromatic rings. The molecular weight excluding hydrogens is 144 g/mol. The molecule has 0 unspecified atom stereocenters. The van der Waals surface area contributed by atoms with Crippen molar-refractivity contribution in [1.82, 2.24) is 4.90 Å². The molecule has 64 valence electrons. The minimum Gasteiger partial charge on any atom is -0.386 e. The lowest BCUT2D eigenvalue weighted by Gasteiger charge is -2.44. The second-order valence-corrected chi connectivity index (χ2v) is 3.29. The van der Waals surface area contributed by atoms with Crippen molar-refractivity contribution in [2.75, 3.05) is 19.6 Å². The number of carbonyl (C=O) groups is 1. The van der Waals surface area contributed by atoms with Crippen LogP contribution < -0.4 is 5.73 Å². The summed E-state index contributed by atoms with van der Waals surface area (Å²) in [5.41, 5.74) is 4.54. The highest BCUT2D eigenvalue weighted by atomic mass is 16.3. The summed E-state index contributed by atoms with van der Waals surface area (Å²) in [6, 6.07) is 0. The van der Waals surface area contributed by atoms with Crippen LogP contribution in [0.3, 0.4) is 0 Å². The highest BCUT2D eigenvalue weighted by molar-refractivity contribution is 5.77. The minimum atomic E-state index is -0.662. The third-order valence-corrected chi connectivity index (χ3v) is 1.77. The van der Waals surface area contributed by atoms with Crippen LogP contribution in [0, 0.1) is 0 Å². The molecule has 1 fully saturated rings. The molecule has 1 aliphatic rings. The fraction of sp³-hybridized carbons (Fsp3) is 0.857. The molecule has 0 radical (unpaired) electrons. The molecule has 1 heterocycles. The predicted molar refractivity (Wildman–Crippen MR) is 40.9 cm³/mol. The van der Waals surface area contributed by atoms with Crippen LogP contribution in [-0.4, -0.2) is 41.1 Å². The Morgan fingerprint density at radius 2 is 2.27 bits per heavy atom. The third kappa shape index (κ3) is 1.91. The van der Waals surface area contributed by atoms with Gasteiger partial charge in [-0.2, -0.15) is 0 Å². The number of aliphatic hydroxyl groups is 1. The smallest absolute Gasteiger partial charge is 0.224 e. The van der Waals surface area contributed by atoms with E-state index in [1.54, 1.807) is 11.8 Å². The quantitative estimate of drug-likeness (QED) is 0.537. The molecule has 4 nitrogen and oxygen atoms in total. The van der Waals surface area contributed by atoms with Gasteiger partial charge in [0.05, 0.1) is 18.7 Å². The average Bonchev–Trinajstić information content (AvgIpc) is 1.83. The molecule has 0 bridgehead atoms. The SMILES string of the molecule is CC1(O)CN(C(=O)CCN)C1. The first-order valence-electron chi connectivity index (χ1n) is 3.75. The van der Waals surface area contributed by atoms with Crippen molar-refractivity contribution < 1.29 is 9.90 Å². The third-order valence-electron chi connectivity index (χ3n) is 1.77. The van der Waals surface area contributed by atoms with Gasteiger partial charge in [-0.1, -0.05) is 0 Å². The van der Waals surface area contributed by atoms with Gasteiger partial charge in [0, 0.05) is 13.0 Å². The molecule has 1 amide bonds. The van der Waals surface area contributed by atoms with Crippen molar-refractivity contribution in [3.05, 3.63) is 0 Å². The second-order valence-electron chi connectivity index (χ2n) is 3.29. The van der Waals surface area contributed by atoms with E-state index in [9.17, 15) is 9.90 Å². The summed E-state index contributed by atoms with van der Waals surface area (Å²) < 4.78 is 0. The van der Waals surface area contributed by atoms with Crippen molar-refractivity contribution in [2.45, 2.75) is 18.9 Å². The fourth-order valence-electron chi connectivity index (χ4n) is 1.23. The number of nitrogens with zero attached hydrogens (tertiary/aromatic N) is 1. The van der Waals surface area contributed by atoms with Crippen molar-refractivity contribution >= 4 is 5.91 Å². The van der Waals surface area contributed by atoms with Gasteiger partial charge >= 0.3 is 0 Å². The van der Waals surface area contributed by atoms with Gasteiger partial charge in [0.2, 0.25) is 5.91 Å². The van der Waals surface area contributed by atoms with Gasteiger partial charge in [0.1, 0.15) is 0 Å². The topological polar surface area (TPSA) is 66.6 Å². The van der Waals surface area contributed by atoms with Gasteiger partial charge in [-0.15, -0.1) is 0 Å². The van der Waals surface area contributed by atoms with E-state index in [4.69, 9.17) is 5.73 Å². The molecule has 4 heteroatoms. The number of nitrogens with two attached hydrogens (primary N) is 1. The van der Waals surface area contributed by atoms with E-state index in [2.05, 4.69) is 0 Å². The Kier molecular flexibility index (Phi) is 2.15. The first-order valence-corrected chi connectivity index (χ1v) is 3.75. The maximum absolute atomic E-state index is 11.0. The molecule has 11 heavy (non-hydrogen) atoms. The van der Waals surface area contributed by atoms with Crippen LogP contribution in [0.15, 0.2) is 0 Å². The van der Waals surface area contributed by atoms with Crippen molar-refractivity contribution in [3.8, 4) is 0 Å². The Morgan fingerprint density at radius 1 is 1.73 bits per heavy atom. The van der Waals surface area contributed by atoms with Crippen LogP contribution in [0.5, 0.6) is 0 Å². The number of hydrogen-bond acceptors (Lipinski definition) is 3. The molecule has 0 atom stereocenters. The van der Waals surface area contributed by atoms with E-state index in [1.165, 1.54) is 0 Å². The zero-order valence-electron chi connectivity index (χ0n) is 6.71. The monoisotopic (exact) mass is 158 g/mol. The standard InChI is InChI=1S/C7H14N2O2/c1-7(11)4-9(5-7)6(10)2-3-8/h11H,2-5,8H2,1H3. The van der Waals surface area contributed by atoms with Crippen molar-refractivity contribution in [2.24, 2.45) is 5.73 Å². The molecule has 1 rings (SSSR count). The predicted octanol–water partition coefficient (Wildman–Crippen LogP) is -1.07. The lowest BCUT2D eigenvalue weighted by Crippen LogP contribution is -2.61. The molecule has 1 aliphatic heterocycles. The highest BCUT2D eigenvalue weighted by Crippen LogP contribution is 2.19. The summed E-state index contributed by atoms with van der Waals surface area (Å²) >= 11 is 0. The summed E-state index contributed by atoms with van der Waals surface area (Å²) in [5, 5.41) is 9.28. The van der Waals surface area contributed by atoms with E-state index in [0.29, 0.717) is 26.1 Å². The minimum absolute atomic E-state index is 0.0408. The van der Waals surface area contributed by atoms with E-state index >= 15 is 0 Å². The van der Waals surface area contributed by atoms with Crippen LogP contribution >= 0.6 is 0 Å². The summed E-state index contributed by atoms with van der Waals surface area (Å²) in [4.78, 5) is 12.7. The Hall–Kier alpha value is -0.610. The number of amides is 1. The molecule has 0 aromatic heterocycles. The first-order chi connectivity index (χ1) is 5.05. The van der Waals surface area contributed by atoms with Gasteiger partial charge in [-0.05, 0) is 6.92 Å². The Morgan fingerprint density at radius 3 is 2.64 bits per heavy atom. The maximum Gasteiger partial charge on any atom is 0.224 e. The molecular formula is C7H14N2O2. The molecule has 3 N–H and O–H groups in total.